The Morgan fingerprint density at radius 3 is 2.85 bits per heavy atom. The second kappa shape index (κ2) is 5.99. The second-order valence-corrected chi connectivity index (χ2v) is 7.32. The van der Waals surface area contributed by atoms with Crippen LogP contribution in [0.1, 0.15) is 35.2 Å². The summed E-state index contributed by atoms with van der Waals surface area (Å²) in [4.78, 5) is 17.1. The zero-order valence-electron chi connectivity index (χ0n) is 14.1. The number of aryl methyl sites for hydroxylation is 1. The van der Waals surface area contributed by atoms with Crippen molar-refractivity contribution in [1.29, 1.82) is 0 Å². The molecule has 7 heteroatoms. The normalized spacial score (nSPS) is 26.5. The van der Waals surface area contributed by atoms with Gasteiger partial charge in [0, 0.05) is 23.3 Å². The van der Waals surface area contributed by atoms with Gasteiger partial charge in [0.2, 0.25) is 5.67 Å². The van der Waals surface area contributed by atoms with Crippen LogP contribution in [0.4, 0.5) is 8.78 Å². The third-order valence-electron chi connectivity index (χ3n) is 5.06. The molecule has 2 heterocycles. The van der Waals surface area contributed by atoms with Crippen molar-refractivity contribution in [2.24, 2.45) is 0 Å². The molecule has 4 nitrogen and oxygen atoms in total. The van der Waals surface area contributed by atoms with E-state index >= 15 is 4.39 Å². The number of epoxide rings is 1. The van der Waals surface area contributed by atoms with Gasteiger partial charge in [-0.2, -0.15) is 0 Å². The van der Waals surface area contributed by atoms with Crippen LogP contribution in [0.3, 0.4) is 0 Å². The van der Waals surface area contributed by atoms with E-state index in [-0.39, 0.29) is 23.6 Å². The number of amides is 1. The average molecular weight is 379 g/mol. The predicted molar refractivity (Wildman–Crippen MR) is 91.9 cm³/mol. The van der Waals surface area contributed by atoms with Crippen LogP contribution in [0.25, 0.3) is 0 Å². The lowest BCUT2D eigenvalue weighted by atomic mass is 9.76. The molecule has 26 heavy (non-hydrogen) atoms. The number of alkyl halides is 1. The first-order valence-electron chi connectivity index (χ1n) is 8.37. The highest BCUT2D eigenvalue weighted by molar-refractivity contribution is 6.31. The van der Waals surface area contributed by atoms with Gasteiger partial charge in [-0.3, -0.25) is 9.78 Å². The van der Waals surface area contributed by atoms with E-state index in [2.05, 4.69) is 10.3 Å². The van der Waals surface area contributed by atoms with Crippen LogP contribution in [0.5, 0.6) is 0 Å². The number of rotatable bonds is 3. The third kappa shape index (κ3) is 2.77. The first-order chi connectivity index (χ1) is 12.3. The summed E-state index contributed by atoms with van der Waals surface area (Å²) in [6.45, 7) is 2.32. The van der Waals surface area contributed by atoms with Gasteiger partial charge in [-0.1, -0.05) is 17.7 Å². The van der Waals surface area contributed by atoms with Gasteiger partial charge in [0.1, 0.15) is 11.4 Å². The lowest BCUT2D eigenvalue weighted by molar-refractivity contribution is -0.135. The second-order valence-electron chi connectivity index (χ2n) is 6.91. The molecule has 1 aromatic heterocycles. The molecule has 1 spiro atoms. The number of ether oxygens (including phenoxy) is 1. The molecule has 2 aromatic rings. The van der Waals surface area contributed by atoms with E-state index in [4.69, 9.17) is 16.3 Å². The number of carbonyl (C=O) groups excluding carboxylic acids is 1. The molecule has 1 aromatic carbocycles. The summed E-state index contributed by atoms with van der Waals surface area (Å²) in [6, 6.07) is 5.54. The summed E-state index contributed by atoms with van der Waals surface area (Å²) >= 11 is 5.97. The van der Waals surface area contributed by atoms with E-state index in [0.29, 0.717) is 24.3 Å². The number of nitrogens with zero attached hydrogens (tertiary/aromatic N) is 1. The Labute approximate surface area is 154 Å². The maximum absolute atomic E-state index is 15.8. The predicted octanol–water partition coefficient (Wildman–Crippen LogP) is 3.68. The lowest BCUT2D eigenvalue weighted by Gasteiger charge is -2.33. The highest BCUT2D eigenvalue weighted by Crippen LogP contribution is 2.53. The number of hydrogen-bond acceptors (Lipinski definition) is 3. The Morgan fingerprint density at radius 1 is 1.38 bits per heavy atom. The van der Waals surface area contributed by atoms with Gasteiger partial charge in [-0.15, -0.1) is 0 Å². The summed E-state index contributed by atoms with van der Waals surface area (Å²) in [5.74, 6) is -1.22. The minimum absolute atomic E-state index is 0.0137. The van der Waals surface area contributed by atoms with Crippen molar-refractivity contribution in [3.63, 3.8) is 0 Å². The molecule has 0 unspecified atom stereocenters. The van der Waals surface area contributed by atoms with Crippen molar-refractivity contribution in [2.45, 2.75) is 37.6 Å². The smallest absolute Gasteiger partial charge is 0.262 e. The first-order valence-corrected chi connectivity index (χ1v) is 8.75. The van der Waals surface area contributed by atoms with E-state index in [1.165, 1.54) is 12.1 Å². The van der Waals surface area contributed by atoms with Gasteiger partial charge in [0.15, 0.2) is 0 Å². The van der Waals surface area contributed by atoms with Gasteiger partial charge < -0.3 is 10.1 Å². The van der Waals surface area contributed by atoms with Crippen molar-refractivity contribution in [3.05, 3.63) is 63.7 Å². The van der Waals surface area contributed by atoms with Crippen molar-refractivity contribution in [2.75, 3.05) is 6.61 Å². The summed E-state index contributed by atoms with van der Waals surface area (Å²) in [6.07, 6.45) is 2.08. The summed E-state index contributed by atoms with van der Waals surface area (Å²) in [5, 5.41) is 2.77. The van der Waals surface area contributed by atoms with E-state index in [1.807, 2.05) is 0 Å². The molecule has 1 fully saturated rings. The van der Waals surface area contributed by atoms with Gasteiger partial charge in [0.25, 0.3) is 5.91 Å². The van der Waals surface area contributed by atoms with Crippen molar-refractivity contribution in [3.8, 4) is 0 Å². The minimum atomic E-state index is -2.18. The quantitative estimate of drug-likeness (QED) is 0.829. The number of pyridine rings is 1. The van der Waals surface area contributed by atoms with Crippen LogP contribution in [0.15, 0.2) is 30.5 Å². The maximum Gasteiger partial charge on any atom is 0.262 e. The Morgan fingerprint density at radius 2 is 2.15 bits per heavy atom. The summed E-state index contributed by atoms with van der Waals surface area (Å²) in [7, 11) is 0. The molecule has 136 valence electrons. The number of fused-ring (bicyclic) bond motifs is 2. The van der Waals surface area contributed by atoms with Crippen LogP contribution in [-0.4, -0.2) is 17.5 Å². The van der Waals surface area contributed by atoms with Crippen LogP contribution in [0.2, 0.25) is 5.02 Å². The van der Waals surface area contributed by atoms with Crippen LogP contribution in [0, 0.1) is 12.7 Å². The number of benzene rings is 1. The Balaban J connectivity index is 1.60. The van der Waals surface area contributed by atoms with E-state index in [1.54, 1.807) is 19.2 Å². The molecule has 4 rings (SSSR count). The molecule has 0 saturated carbocycles. The number of nitrogens with one attached hydrogen (secondary N) is 1. The Bertz CT molecular complexity index is 901. The highest BCUT2D eigenvalue weighted by atomic mass is 35.5. The number of aromatic nitrogens is 1. The van der Waals surface area contributed by atoms with Gasteiger partial charge in [-0.25, -0.2) is 8.78 Å². The largest absolute Gasteiger partial charge is 0.363 e. The number of carbonyl (C=O) groups is 1. The minimum Gasteiger partial charge on any atom is -0.363 e. The maximum atomic E-state index is 15.8. The van der Waals surface area contributed by atoms with Crippen LogP contribution < -0.4 is 5.32 Å². The fourth-order valence-electron chi connectivity index (χ4n) is 3.45. The average Bonchev–Trinajstić information content (AvgIpc) is 3.38. The first kappa shape index (κ1) is 17.4. The SMILES string of the molecule is Cc1cnc2c(c1)[C@](F)(C(=O)NCc1ccc(F)cc1Cl)CC[C@@]21CO1. The molecule has 1 amide bonds. The number of hydrogen-bond donors (Lipinski definition) is 1. The molecule has 1 N–H and O–H groups in total. The molecular weight excluding hydrogens is 362 g/mol. The fourth-order valence-corrected chi connectivity index (χ4v) is 3.68. The Kier molecular flexibility index (Phi) is 4.00. The standard InChI is InChI=1S/C19H17ClF2N2O2/c1-11-6-14-16(23-8-11)18(10-26-18)4-5-19(14,22)17(25)24-9-12-2-3-13(21)7-15(12)20/h2-3,6-8H,4-5,9-10H2,1H3,(H,24,25)/t18-,19+/m1/s1. The lowest BCUT2D eigenvalue weighted by Crippen LogP contribution is -2.45. The molecule has 1 aliphatic carbocycles. The topological polar surface area (TPSA) is 54.5 Å². The Hall–Kier alpha value is -2.05. The van der Waals surface area contributed by atoms with Crippen molar-refractivity contribution < 1.29 is 18.3 Å². The number of halogens is 3. The van der Waals surface area contributed by atoms with Crippen molar-refractivity contribution >= 4 is 17.5 Å². The fraction of sp³-hybridized carbons (Fsp3) is 0.368. The van der Waals surface area contributed by atoms with Crippen molar-refractivity contribution in [1.82, 2.24) is 10.3 Å². The third-order valence-corrected chi connectivity index (χ3v) is 5.42. The zero-order chi connectivity index (χ0) is 18.5. The molecular formula is C19H17ClF2N2O2. The van der Waals surface area contributed by atoms with Gasteiger partial charge in [-0.05, 0) is 49.1 Å². The van der Waals surface area contributed by atoms with Gasteiger partial charge in [0.05, 0.1) is 12.3 Å². The van der Waals surface area contributed by atoms with E-state index in [9.17, 15) is 9.18 Å². The molecule has 0 bridgehead atoms. The summed E-state index contributed by atoms with van der Waals surface area (Å²) < 4.78 is 34.4. The van der Waals surface area contributed by atoms with Crippen LogP contribution in [-0.2, 0) is 27.3 Å². The van der Waals surface area contributed by atoms with E-state index in [0.717, 1.165) is 11.6 Å². The summed E-state index contributed by atoms with van der Waals surface area (Å²) in [5.41, 5.74) is -0.656. The highest BCUT2D eigenvalue weighted by Gasteiger charge is 2.59. The molecule has 1 saturated heterocycles. The molecule has 2 aliphatic rings. The molecule has 1 aliphatic heterocycles. The van der Waals surface area contributed by atoms with E-state index < -0.39 is 23.0 Å². The van der Waals surface area contributed by atoms with Gasteiger partial charge >= 0.3 is 0 Å². The molecule has 0 radical (unpaired) electrons. The molecule has 2 atom stereocenters. The zero-order valence-corrected chi connectivity index (χ0v) is 14.9. The van der Waals surface area contributed by atoms with Crippen LogP contribution >= 0.6 is 11.6 Å². The monoisotopic (exact) mass is 378 g/mol.